The summed E-state index contributed by atoms with van der Waals surface area (Å²) in [5.74, 6) is 6.22. The minimum Gasteiger partial charge on any atom is -0.481 e. The number of anilines is 1. The number of nitrogens with two attached hydrogens (primary N) is 2. The Kier molecular flexibility index (Phi) is 9.17. The third kappa shape index (κ3) is 7.15. The third-order valence-electron chi connectivity index (χ3n) is 5.49. The lowest BCUT2D eigenvalue weighted by Gasteiger charge is -2.30. The Labute approximate surface area is 210 Å². The molecular formula is C24H33N9O3. The van der Waals surface area contributed by atoms with Crippen LogP contribution >= 0.6 is 0 Å². The van der Waals surface area contributed by atoms with Crippen molar-refractivity contribution in [2.24, 2.45) is 11.6 Å². The quantitative estimate of drug-likeness (QED) is 0.324. The molecule has 0 saturated carbocycles. The summed E-state index contributed by atoms with van der Waals surface area (Å²) in [7, 11) is 1.72. The number of nitrogens with zero attached hydrogens (tertiary/aromatic N) is 7. The van der Waals surface area contributed by atoms with Gasteiger partial charge >= 0.3 is 0 Å². The van der Waals surface area contributed by atoms with E-state index in [2.05, 4.69) is 26.0 Å². The summed E-state index contributed by atoms with van der Waals surface area (Å²) in [6, 6.07) is 7.55. The molecule has 5 N–H and O–H groups in total. The summed E-state index contributed by atoms with van der Waals surface area (Å²) in [4.78, 5) is 24.5. The number of likely N-dealkylation sites (N-methyl/N-ethyl adjacent to an activating group) is 1. The molecule has 3 aromatic rings. The molecule has 0 aromatic carbocycles. The third-order valence-corrected chi connectivity index (χ3v) is 5.49. The van der Waals surface area contributed by atoms with Gasteiger partial charge in [-0.05, 0) is 44.4 Å². The second-order valence-electron chi connectivity index (χ2n) is 8.29. The Morgan fingerprint density at radius 3 is 2.56 bits per heavy atom. The highest BCUT2D eigenvalue weighted by atomic mass is 16.5. The number of ether oxygens (including phenoxy) is 1. The van der Waals surface area contributed by atoms with Crippen molar-refractivity contribution in [1.29, 1.82) is 0 Å². The molecule has 3 aromatic heterocycles. The normalized spacial score (nSPS) is 13.8. The van der Waals surface area contributed by atoms with Gasteiger partial charge in [0.25, 0.3) is 5.97 Å². The molecule has 1 fully saturated rings. The lowest BCUT2D eigenvalue weighted by molar-refractivity contribution is -0.134. The van der Waals surface area contributed by atoms with Crippen LogP contribution in [-0.2, 0) is 4.79 Å². The zero-order valence-electron chi connectivity index (χ0n) is 20.8. The molecule has 12 heteroatoms. The van der Waals surface area contributed by atoms with Crippen molar-refractivity contribution in [2.45, 2.75) is 33.1 Å². The van der Waals surface area contributed by atoms with Crippen LogP contribution in [0, 0.1) is 6.92 Å². The van der Waals surface area contributed by atoms with E-state index in [0.717, 1.165) is 31.4 Å². The summed E-state index contributed by atoms with van der Waals surface area (Å²) < 4.78 is 7.50. The van der Waals surface area contributed by atoms with Crippen LogP contribution in [0.5, 0.6) is 5.88 Å². The average molecular weight is 496 g/mol. The molecule has 0 atom stereocenters. The molecule has 0 aliphatic carbocycles. The number of piperidine rings is 1. The average Bonchev–Trinajstić information content (AvgIpc) is 3.39. The predicted octanol–water partition coefficient (Wildman–Crippen LogP) is 1.96. The molecule has 36 heavy (non-hydrogen) atoms. The molecule has 0 unspecified atom stereocenters. The maximum atomic E-state index is 9.00. The minimum absolute atomic E-state index is 0.128. The topological polar surface area (TPSA) is 162 Å². The maximum absolute atomic E-state index is 9.00. The van der Waals surface area contributed by atoms with Gasteiger partial charge < -0.3 is 25.5 Å². The van der Waals surface area contributed by atoms with Gasteiger partial charge in [-0.3, -0.25) is 4.79 Å². The summed E-state index contributed by atoms with van der Waals surface area (Å²) in [6.45, 7) is 5.36. The Hall–Kier alpha value is -4.19. The van der Waals surface area contributed by atoms with Crippen molar-refractivity contribution in [1.82, 2.24) is 29.7 Å². The van der Waals surface area contributed by atoms with Gasteiger partial charge in [0.2, 0.25) is 5.88 Å². The first kappa shape index (κ1) is 26.4. The van der Waals surface area contributed by atoms with Crippen LogP contribution in [0.4, 0.5) is 5.69 Å². The molecule has 4 rings (SSSR count). The molecule has 1 saturated heterocycles. The number of carbonyl (C=O) groups is 1. The number of carboxylic acids is 1. The van der Waals surface area contributed by atoms with Crippen molar-refractivity contribution < 1.29 is 14.6 Å². The lowest BCUT2D eigenvalue weighted by atomic mass is 10.1. The molecule has 4 heterocycles. The maximum Gasteiger partial charge on any atom is 0.300 e. The Morgan fingerprint density at radius 2 is 1.94 bits per heavy atom. The van der Waals surface area contributed by atoms with Crippen LogP contribution in [0.1, 0.15) is 37.6 Å². The van der Waals surface area contributed by atoms with E-state index in [4.69, 9.17) is 31.2 Å². The van der Waals surface area contributed by atoms with Gasteiger partial charge in [-0.1, -0.05) is 0 Å². The van der Waals surface area contributed by atoms with Crippen LogP contribution in [0.15, 0.2) is 48.7 Å². The van der Waals surface area contributed by atoms with Crippen molar-refractivity contribution in [3.05, 3.63) is 60.1 Å². The van der Waals surface area contributed by atoms with Gasteiger partial charge in [-0.15, -0.1) is 0 Å². The first-order valence-corrected chi connectivity index (χ1v) is 11.6. The van der Waals surface area contributed by atoms with Gasteiger partial charge in [0.05, 0.1) is 28.5 Å². The van der Waals surface area contributed by atoms with Crippen LogP contribution in [0.2, 0.25) is 0 Å². The van der Waals surface area contributed by atoms with E-state index in [1.165, 1.54) is 30.6 Å². The highest BCUT2D eigenvalue weighted by Crippen LogP contribution is 2.25. The number of hydrogen-bond acceptors (Lipinski definition) is 10. The number of aryl methyl sites for hydroxylation is 1. The van der Waals surface area contributed by atoms with Gasteiger partial charge in [0, 0.05) is 45.5 Å². The number of hydrogen-bond donors (Lipinski definition) is 3. The number of rotatable bonds is 7. The first-order chi connectivity index (χ1) is 17.3. The molecule has 0 spiro atoms. The minimum atomic E-state index is -0.833. The van der Waals surface area contributed by atoms with Crippen LogP contribution in [0.25, 0.3) is 11.5 Å². The van der Waals surface area contributed by atoms with Crippen LogP contribution < -0.4 is 21.2 Å². The second-order valence-corrected chi connectivity index (χ2v) is 8.29. The van der Waals surface area contributed by atoms with E-state index in [1.807, 2.05) is 19.1 Å². The number of hydrazine groups is 1. The van der Waals surface area contributed by atoms with Crippen LogP contribution in [0.3, 0.4) is 0 Å². The SMILES string of the molecule is CC(=O)O.Cc1nc(/C(N)=C(\COc2cc(-n3cccn3)ncn2)N(C)N)ccc1N1CCCCC1. The van der Waals surface area contributed by atoms with Crippen LogP contribution in [-0.4, -0.2) is 67.6 Å². The summed E-state index contributed by atoms with van der Waals surface area (Å²) >= 11 is 0. The van der Waals surface area contributed by atoms with E-state index in [1.54, 1.807) is 30.2 Å². The molecular weight excluding hydrogens is 462 g/mol. The zero-order valence-corrected chi connectivity index (χ0v) is 20.8. The van der Waals surface area contributed by atoms with E-state index >= 15 is 0 Å². The monoisotopic (exact) mass is 495 g/mol. The number of carboxylic acid groups (broad SMARTS) is 1. The van der Waals surface area contributed by atoms with Crippen molar-refractivity contribution >= 4 is 17.4 Å². The van der Waals surface area contributed by atoms with Gasteiger partial charge in [0.1, 0.15) is 12.9 Å². The predicted molar refractivity (Wildman–Crippen MR) is 136 cm³/mol. The molecule has 0 radical (unpaired) electrons. The highest BCUT2D eigenvalue weighted by molar-refractivity contribution is 5.65. The van der Waals surface area contributed by atoms with Gasteiger partial charge in [0.15, 0.2) is 5.82 Å². The van der Waals surface area contributed by atoms with Crippen molar-refractivity contribution in [3.8, 4) is 11.7 Å². The number of pyridine rings is 1. The fourth-order valence-electron chi connectivity index (χ4n) is 3.77. The van der Waals surface area contributed by atoms with Gasteiger partial charge in [-0.25, -0.2) is 25.5 Å². The van der Waals surface area contributed by atoms with Crippen molar-refractivity contribution in [2.75, 3.05) is 31.6 Å². The van der Waals surface area contributed by atoms with E-state index in [-0.39, 0.29) is 6.61 Å². The Bertz CT molecular complexity index is 1170. The lowest BCUT2D eigenvalue weighted by Crippen LogP contribution is -2.32. The molecule has 1 aliphatic heterocycles. The molecule has 192 valence electrons. The van der Waals surface area contributed by atoms with Gasteiger partial charge in [-0.2, -0.15) is 5.10 Å². The molecule has 12 nitrogen and oxygen atoms in total. The number of aromatic nitrogens is 5. The van der Waals surface area contributed by atoms with E-state index in [0.29, 0.717) is 28.8 Å². The van der Waals surface area contributed by atoms with E-state index < -0.39 is 5.97 Å². The molecule has 1 aliphatic rings. The smallest absolute Gasteiger partial charge is 0.300 e. The summed E-state index contributed by atoms with van der Waals surface area (Å²) in [6.07, 6.45) is 8.62. The fraction of sp³-hybridized carbons (Fsp3) is 0.375. The summed E-state index contributed by atoms with van der Waals surface area (Å²) in [5, 5.41) is 13.0. The standard InChI is InChI=1S/C22H29N9O.C2H4O2/c1-16-18(30-10-4-3-5-11-30)8-7-17(28-16)22(23)19(29(2)24)14-32-21-13-20(25-15-26-21)31-12-6-9-27-31;1-2(3)4/h6-9,12-13,15H,3-5,10-11,14,23-24H2,1-2H3;1H3,(H,3,4)/b22-19-;. The number of aliphatic carboxylic acids is 1. The summed E-state index contributed by atoms with van der Waals surface area (Å²) in [5.41, 5.74) is 10.3. The van der Waals surface area contributed by atoms with Crippen molar-refractivity contribution in [3.63, 3.8) is 0 Å². The van der Waals surface area contributed by atoms with E-state index in [9.17, 15) is 0 Å². The largest absolute Gasteiger partial charge is 0.481 e. The second kappa shape index (κ2) is 12.5. The zero-order chi connectivity index (χ0) is 26.1. The molecule has 0 amide bonds. The Morgan fingerprint density at radius 1 is 1.22 bits per heavy atom. The highest BCUT2D eigenvalue weighted by Gasteiger charge is 2.17. The fourth-order valence-corrected chi connectivity index (χ4v) is 3.77. The Balaban J connectivity index is 0.000000840. The first-order valence-electron chi connectivity index (χ1n) is 11.6. The molecule has 0 bridgehead atoms.